The molecule has 0 aliphatic carbocycles. The summed E-state index contributed by atoms with van der Waals surface area (Å²) >= 11 is 3.51. The van der Waals surface area contributed by atoms with Crippen molar-refractivity contribution < 1.29 is 4.79 Å². The predicted molar refractivity (Wildman–Crippen MR) is 83.5 cm³/mol. The van der Waals surface area contributed by atoms with Crippen molar-refractivity contribution in [2.45, 2.75) is 19.4 Å². The van der Waals surface area contributed by atoms with Crippen molar-refractivity contribution in [1.29, 1.82) is 0 Å². The largest absolute Gasteiger partial charge is 0.341 e. The molecule has 0 aromatic heterocycles. The van der Waals surface area contributed by atoms with Crippen molar-refractivity contribution in [3.63, 3.8) is 0 Å². The Balaban J connectivity index is 0.00000180. The van der Waals surface area contributed by atoms with E-state index in [4.69, 9.17) is 0 Å². The Morgan fingerprint density at radius 3 is 2.84 bits per heavy atom. The minimum absolute atomic E-state index is 0. The van der Waals surface area contributed by atoms with Gasteiger partial charge in [0.15, 0.2) is 0 Å². The molecule has 1 heterocycles. The fourth-order valence-corrected chi connectivity index (χ4v) is 2.67. The van der Waals surface area contributed by atoms with E-state index < -0.39 is 0 Å². The molecule has 1 aliphatic rings. The van der Waals surface area contributed by atoms with Crippen LogP contribution in [-0.4, -0.2) is 30.9 Å². The number of nitrogens with one attached hydrogen (secondary N) is 1. The molecule has 0 spiro atoms. The summed E-state index contributed by atoms with van der Waals surface area (Å²) < 4.78 is 1.06. The van der Waals surface area contributed by atoms with Crippen LogP contribution in [0.5, 0.6) is 0 Å². The van der Waals surface area contributed by atoms with Crippen molar-refractivity contribution in [3.8, 4) is 0 Å². The Hall–Kier alpha value is -0.580. The second kappa shape index (κ2) is 7.88. The highest BCUT2D eigenvalue weighted by Gasteiger charge is 2.20. The van der Waals surface area contributed by atoms with E-state index in [1.165, 1.54) is 0 Å². The molecule has 5 heteroatoms. The second-order valence-corrected chi connectivity index (χ2v) is 5.76. The molecule has 1 aromatic rings. The third-order valence-electron chi connectivity index (χ3n) is 3.42. The first-order valence-corrected chi connectivity index (χ1v) is 7.14. The van der Waals surface area contributed by atoms with Crippen LogP contribution in [0.3, 0.4) is 0 Å². The zero-order valence-electron chi connectivity index (χ0n) is 11.1. The molecule has 2 rings (SSSR count). The molecule has 1 saturated heterocycles. The maximum absolute atomic E-state index is 12.1. The number of carbonyl (C=O) groups excluding carboxylic acids is 1. The molecule has 1 aliphatic heterocycles. The highest BCUT2D eigenvalue weighted by Crippen LogP contribution is 2.19. The molecule has 0 saturated carbocycles. The molecule has 19 heavy (non-hydrogen) atoms. The van der Waals surface area contributed by atoms with E-state index in [0.29, 0.717) is 18.9 Å². The van der Waals surface area contributed by atoms with Gasteiger partial charge < -0.3 is 10.2 Å². The third-order valence-corrected chi connectivity index (χ3v) is 4.19. The average molecular weight is 348 g/mol. The van der Waals surface area contributed by atoms with E-state index in [0.717, 1.165) is 29.5 Å². The Morgan fingerprint density at radius 2 is 2.21 bits per heavy atom. The molecule has 106 valence electrons. The highest BCUT2D eigenvalue weighted by molar-refractivity contribution is 9.10. The molecular weight excluding hydrogens is 328 g/mol. The predicted octanol–water partition coefficient (Wildman–Crippen LogP) is 2.83. The van der Waals surface area contributed by atoms with Crippen LogP contribution in [-0.2, 0) is 11.3 Å². The van der Waals surface area contributed by atoms with Crippen LogP contribution in [0.1, 0.15) is 18.4 Å². The number of amides is 1. The number of rotatable bonds is 4. The Labute approximate surface area is 129 Å². The highest BCUT2D eigenvalue weighted by atomic mass is 79.9. The lowest BCUT2D eigenvalue weighted by Crippen LogP contribution is -2.28. The fraction of sp³-hybridized carbons (Fsp3) is 0.500. The SMILES string of the molecule is CN(Cc1ccccc1Br)C(=O)CC1CCNC1.Cl. The van der Waals surface area contributed by atoms with E-state index in [-0.39, 0.29) is 18.3 Å². The first kappa shape index (κ1) is 16.5. The topological polar surface area (TPSA) is 32.3 Å². The molecule has 0 bridgehead atoms. The summed E-state index contributed by atoms with van der Waals surface area (Å²) in [7, 11) is 1.88. The van der Waals surface area contributed by atoms with Crippen molar-refractivity contribution in [1.82, 2.24) is 10.2 Å². The van der Waals surface area contributed by atoms with Crippen LogP contribution in [0, 0.1) is 5.92 Å². The Morgan fingerprint density at radius 1 is 1.47 bits per heavy atom. The van der Waals surface area contributed by atoms with Crippen molar-refractivity contribution >= 4 is 34.2 Å². The maximum Gasteiger partial charge on any atom is 0.222 e. The summed E-state index contributed by atoms with van der Waals surface area (Å²) in [5.74, 6) is 0.749. The first-order chi connectivity index (χ1) is 8.66. The van der Waals surface area contributed by atoms with E-state index >= 15 is 0 Å². The van der Waals surface area contributed by atoms with Gasteiger partial charge in [-0.15, -0.1) is 12.4 Å². The molecule has 1 amide bonds. The molecule has 1 N–H and O–H groups in total. The van der Waals surface area contributed by atoms with E-state index in [1.54, 1.807) is 0 Å². The van der Waals surface area contributed by atoms with Gasteiger partial charge in [0.1, 0.15) is 0 Å². The molecule has 1 aromatic carbocycles. The fourth-order valence-electron chi connectivity index (χ4n) is 2.26. The van der Waals surface area contributed by atoms with E-state index in [2.05, 4.69) is 21.2 Å². The lowest BCUT2D eigenvalue weighted by atomic mass is 10.0. The normalized spacial score (nSPS) is 17.9. The quantitative estimate of drug-likeness (QED) is 0.908. The summed E-state index contributed by atoms with van der Waals surface area (Å²) in [4.78, 5) is 13.9. The number of hydrogen-bond donors (Lipinski definition) is 1. The average Bonchev–Trinajstić information content (AvgIpc) is 2.84. The maximum atomic E-state index is 12.1. The van der Waals surface area contributed by atoms with Crippen LogP contribution in [0.2, 0.25) is 0 Å². The third kappa shape index (κ3) is 4.79. The minimum Gasteiger partial charge on any atom is -0.341 e. The summed E-state index contributed by atoms with van der Waals surface area (Å²) in [6.07, 6.45) is 1.78. The van der Waals surface area contributed by atoms with Crippen LogP contribution >= 0.6 is 28.3 Å². The van der Waals surface area contributed by atoms with Gasteiger partial charge in [-0.25, -0.2) is 0 Å². The molecule has 1 atom stereocenters. The van der Waals surface area contributed by atoms with Gasteiger partial charge >= 0.3 is 0 Å². The van der Waals surface area contributed by atoms with Crippen LogP contribution in [0.4, 0.5) is 0 Å². The van der Waals surface area contributed by atoms with Gasteiger partial charge in [-0.3, -0.25) is 4.79 Å². The van der Waals surface area contributed by atoms with Gasteiger partial charge in [0, 0.05) is 24.5 Å². The number of nitrogens with zero attached hydrogens (tertiary/aromatic N) is 1. The van der Waals surface area contributed by atoms with E-state index in [1.807, 2.05) is 36.2 Å². The van der Waals surface area contributed by atoms with Crippen LogP contribution in [0.25, 0.3) is 0 Å². The summed E-state index contributed by atoms with van der Waals surface area (Å²) in [5.41, 5.74) is 1.15. The van der Waals surface area contributed by atoms with Gasteiger partial charge in [-0.2, -0.15) is 0 Å². The van der Waals surface area contributed by atoms with Crippen LogP contribution in [0.15, 0.2) is 28.7 Å². The molecular formula is C14H20BrClN2O. The van der Waals surface area contributed by atoms with Gasteiger partial charge in [0.2, 0.25) is 5.91 Å². The zero-order chi connectivity index (χ0) is 13.0. The molecule has 1 fully saturated rings. The molecule has 1 unspecified atom stereocenters. The lowest BCUT2D eigenvalue weighted by molar-refractivity contribution is -0.131. The first-order valence-electron chi connectivity index (χ1n) is 6.35. The summed E-state index contributed by atoms with van der Waals surface area (Å²) in [6.45, 7) is 2.70. The van der Waals surface area contributed by atoms with Crippen molar-refractivity contribution in [2.75, 3.05) is 20.1 Å². The smallest absolute Gasteiger partial charge is 0.222 e. The number of benzene rings is 1. The lowest BCUT2D eigenvalue weighted by Gasteiger charge is -2.19. The summed E-state index contributed by atoms with van der Waals surface area (Å²) in [6, 6.07) is 8.04. The van der Waals surface area contributed by atoms with Gasteiger partial charge in [-0.05, 0) is 37.1 Å². The monoisotopic (exact) mass is 346 g/mol. The van der Waals surface area contributed by atoms with Crippen molar-refractivity contribution in [3.05, 3.63) is 34.3 Å². The van der Waals surface area contributed by atoms with Crippen molar-refractivity contribution in [2.24, 2.45) is 5.92 Å². The van der Waals surface area contributed by atoms with Gasteiger partial charge in [0.05, 0.1) is 0 Å². The minimum atomic E-state index is 0. The standard InChI is InChI=1S/C14H19BrN2O.ClH/c1-17(10-12-4-2-3-5-13(12)15)14(18)8-11-6-7-16-9-11;/h2-5,11,16H,6-10H2,1H3;1H. The molecule has 3 nitrogen and oxygen atoms in total. The number of hydrogen-bond acceptors (Lipinski definition) is 2. The summed E-state index contributed by atoms with van der Waals surface area (Å²) in [5, 5.41) is 3.30. The Kier molecular flexibility index (Phi) is 6.83. The van der Waals surface area contributed by atoms with Gasteiger partial charge in [-0.1, -0.05) is 34.1 Å². The van der Waals surface area contributed by atoms with E-state index in [9.17, 15) is 4.79 Å². The number of carbonyl (C=O) groups is 1. The Bertz CT molecular complexity index is 422. The number of halogens is 2. The zero-order valence-corrected chi connectivity index (χ0v) is 13.5. The molecule has 0 radical (unpaired) electrons. The second-order valence-electron chi connectivity index (χ2n) is 4.90. The van der Waals surface area contributed by atoms with Crippen LogP contribution < -0.4 is 5.32 Å². The van der Waals surface area contributed by atoms with Gasteiger partial charge in [0.25, 0.3) is 0 Å².